The van der Waals surface area contributed by atoms with Gasteiger partial charge in [0.05, 0.1) is 0 Å². The summed E-state index contributed by atoms with van der Waals surface area (Å²) in [5.74, 6) is 1.76. The Morgan fingerprint density at radius 2 is 2.11 bits per heavy atom. The fraction of sp³-hybridized carbons (Fsp3) is 0.700. The topological polar surface area (TPSA) is 58.9 Å². The Hall–Kier alpha value is -1.09. The van der Waals surface area contributed by atoms with Gasteiger partial charge in [0.1, 0.15) is 0 Å². The Balaban J connectivity index is 0.00000364. The minimum absolute atomic E-state index is 0. The van der Waals surface area contributed by atoms with Crippen LogP contribution in [0.25, 0.3) is 0 Å². The Kier molecular flexibility index (Phi) is 12.4. The van der Waals surface area contributed by atoms with E-state index in [4.69, 9.17) is 9.73 Å². The molecule has 0 radical (unpaired) electrons. The monoisotopic (exact) mass is 490 g/mol. The minimum atomic E-state index is 0. The second-order valence-corrected chi connectivity index (χ2v) is 6.94. The SMILES string of the molecule is CCNC(=NCCCCn1ccccc1=O)N(C)CCC1CCOCC1.I. The lowest BCUT2D eigenvalue weighted by Crippen LogP contribution is -2.40. The van der Waals surface area contributed by atoms with E-state index in [-0.39, 0.29) is 29.5 Å². The van der Waals surface area contributed by atoms with Crippen LogP contribution in [0, 0.1) is 5.92 Å². The van der Waals surface area contributed by atoms with Gasteiger partial charge in [0.15, 0.2) is 5.96 Å². The van der Waals surface area contributed by atoms with Crippen LogP contribution < -0.4 is 10.9 Å². The number of aryl methyl sites for hydroxylation is 1. The molecule has 27 heavy (non-hydrogen) atoms. The van der Waals surface area contributed by atoms with Crippen LogP contribution in [0.3, 0.4) is 0 Å². The molecular weight excluding hydrogens is 455 g/mol. The first kappa shape index (κ1) is 23.9. The van der Waals surface area contributed by atoms with E-state index in [9.17, 15) is 4.79 Å². The maximum Gasteiger partial charge on any atom is 0.250 e. The van der Waals surface area contributed by atoms with Crippen molar-refractivity contribution in [2.75, 3.05) is 39.9 Å². The summed E-state index contributed by atoms with van der Waals surface area (Å²) in [5, 5.41) is 3.38. The second-order valence-electron chi connectivity index (χ2n) is 6.94. The third kappa shape index (κ3) is 9.10. The highest BCUT2D eigenvalue weighted by atomic mass is 127. The molecule has 1 fully saturated rings. The Labute approximate surface area is 180 Å². The molecule has 0 aromatic carbocycles. The van der Waals surface area contributed by atoms with Crippen LogP contribution in [-0.2, 0) is 11.3 Å². The number of hydrogen-bond acceptors (Lipinski definition) is 3. The number of nitrogens with one attached hydrogen (secondary N) is 1. The highest BCUT2D eigenvalue weighted by Gasteiger charge is 2.15. The lowest BCUT2D eigenvalue weighted by molar-refractivity contribution is 0.0625. The van der Waals surface area contributed by atoms with E-state index in [0.717, 1.165) is 64.1 Å². The van der Waals surface area contributed by atoms with Gasteiger partial charge < -0.3 is 19.5 Å². The number of pyridine rings is 1. The fourth-order valence-electron chi connectivity index (χ4n) is 3.21. The number of ether oxygens (including phenoxy) is 1. The molecule has 0 unspecified atom stereocenters. The summed E-state index contributed by atoms with van der Waals surface area (Å²) in [6.07, 6.45) is 7.34. The maximum atomic E-state index is 11.7. The molecule has 0 saturated carbocycles. The van der Waals surface area contributed by atoms with Gasteiger partial charge in [-0.15, -0.1) is 24.0 Å². The van der Waals surface area contributed by atoms with E-state index in [1.807, 2.05) is 12.3 Å². The highest BCUT2D eigenvalue weighted by Crippen LogP contribution is 2.18. The number of rotatable bonds is 9. The van der Waals surface area contributed by atoms with E-state index < -0.39 is 0 Å². The summed E-state index contributed by atoms with van der Waals surface area (Å²) >= 11 is 0. The summed E-state index contributed by atoms with van der Waals surface area (Å²) in [4.78, 5) is 18.7. The van der Waals surface area contributed by atoms with Gasteiger partial charge in [0.2, 0.25) is 5.56 Å². The van der Waals surface area contributed by atoms with Crippen molar-refractivity contribution in [3.05, 3.63) is 34.7 Å². The van der Waals surface area contributed by atoms with E-state index in [1.54, 1.807) is 16.7 Å². The second kappa shape index (κ2) is 14.0. The van der Waals surface area contributed by atoms with Crippen molar-refractivity contribution in [2.45, 2.75) is 45.6 Å². The third-order valence-electron chi connectivity index (χ3n) is 4.88. The maximum absolute atomic E-state index is 11.7. The molecule has 0 aliphatic carbocycles. The molecule has 1 saturated heterocycles. The number of nitrogens with zero attached hydrogens (tertiary/aromatic N) is 3. The molecule has 2 rings (SSSR count). The molecule has 6 nitrogen and oxygen atoms in total. The number of hydrogen-bond donors (Lipinski definition) is 1. The predicted octanol–water partition coefficient (Wildman–Crippen LogP) is 2.96. The summed E-state index contributed by atoms with van der Waals surface area (Å²) in [6, 6.07) is 5.28. The zero-order chi connectivity index (χ0) is 18.6. The van der Waals surface area contributed by atoms with E-state index in [0.29, 0.717) is 0 Å². The zero-order valence-electron chi connectivity index (χ0n) is 16.7. The van der Waals surface area contributed by atoms with E-state index >= 15 is 0 Å². The number of aliphatic imine (C=N–C) groups is 1. The average molecular weight is 490 g/mol. The largest absolute Gasteiger partial charge is 0.381 e. The molecule has 0 amide bonds. The summed E-state index contributed by atoms with van der Waals surface area (Å²) < 4.78 is 7.20. The van der Waals surface area contributed by atoms with Crippen molar-refractivity contribution in [1.82, 2.24) is 14.8 Å². The fourth-order valence-corrected chi connectivity index (χ4v) is 3.21. The third-order valence-corrected chi connectivity index (χ3v) is 4.88. The van der Waals surface area contributed by atoms with E-state index in [2.05, 4.69) is 24.2 Å². The molecule has 1 aliphatic heterocycles. The van der Waals surface area contributed by atoms with Crippen molar-refractivity contribution in [1.29, 1.82) is 0 Å². The molecule has 1 aromatic rings. The predicted molar refractivity (Wildman–Crippen MR) is 122 cm³/mol. The minimum Gasteiger partial charge on any atom is -0.381 e. The molecule has 154 valence electrons. The molecule has 1 aromatic heterocycles. The first-order chi connectivity index (χ1) is 12.7. The molecule has 0 spiro atoms. The lowest BCUT2D eigenvalue weighted by atomic mass is 9.96. The van der Waals surface area contributed by atoms with Gasteiger partial charge in [-0.2, -0.15) is 0 Å². The van der Waals surface area contributed by atoms with Gasteiger partial charge in [0, 0.05) is 58.7 Å². The van der Waals surface area contributed by atoms with Gasteiger partial charge in [0.25, 0.3) is 0 Å². The first-order valence-electron chi connectivity index (χ1n) is 9.93. The lowest BCUT2D eigenvalue weighted by Gasteiger charge is -2.26. The molecule has 2 heterocycles. The van der Waals surface area contributed by atoms with Crippen LogP contribution in [0.15, 0.2) is 34.2 Å². The molecule has 0 bridgehead atoms. The molecule has 0 atom stereocenters. The standard InChI is InChI=1S/C20H34N4O2.HI/c1-3-21-20(23(2)15-9-18-10-16-26-17-11-18)22-12-5-7-14-24-13-6-4-8-19(24)25;/h4,6,8,13,18H,3,5,7,9-12,14-17H2,1-2H3,(H,21,22);1H. The zero-order valence-corrected chi connectivity index (χ0v) is 19.1. The van der Waals surface area contributed by atoms with Gasteiger partial charge in [-0.25, -0.2) is 0 Å². The number of guanidine groups is 1. The van der Waals surface area contributed by atoms with Gasteiger partial charge >= 0.3 is 0 Å². The summed E-state index contributed by atoms with van der Waals surface area (Å²) in [7, 11) is 2.12. The van der Waals surface area contributed by atoms with Crippen molar-refractivity contribution in [2.24, 2.45) is 10.9 Å². The molecule has 7 heteroatoms. The Morgan fingerprint density at radius 3 is 2.81 bits per heavy atom. The Morgan fingerprint density at radius 1 is 1.33 bits per heavy atom. The first-order valence-corrected chi connectivity index (χ1v) is 9.93. The van der Waals surface area contributed by atoms with Gasteiger partial charge in [-0.1, -0.05) is 6.07 Å². The molecular formula is C20H35IN4O2. The number of unbranched alkanes of at least 4 members (excludes halogenated alkanes) is 1. The van der Waals surface area contributed by atoms with Crippen LogP contribution in [0.5, 0.6) is 0 Å². The van der Waals surface area contributed by atoms with Crippen molar-refractivity contribution >= 4 is 29.9 Å². The highest BCUT2D eigenvalue weighted by molar-refractivity contribution is 14.0. The van der Waals surface area contributed by atoms with Gasteiger partial charge in [-0.05, 0) is 51.0 Å². The summed E-state index contributed by atoms with van der Waals surface area (Å²) in [6.45, 7) is 7.36. The number of aromatic nitrogens is 1. The van der Waals surface area contributed by atoms with E-state index in [1.165, 1.54) is 19.3 Å². The smallest absolute Gasteiger partial charge is 0.250 e. The van der Waals surface area contributed by atoms with Crippen LogP contribution in [0.2, 0.25) is 0 Å². The van der Waals surface area contributed by atoms with Gasteiger partial charge in [-0.3, -0.25) is 9.79 Å². The number of halogens is 1. The van der Waals surface area contributed by atoms with Crippen molar-refractivity contribution < 1.29 is 4.74 Å². The quantitative estimate of drug-likeness (QED) is 0.250. The Bertz CT molecular complexity index is 600. The van der Waals surface area contributed by atoms with Crippen LogP contribution in [-0.4, -0.2) is 55.3 Å². The normalized spacial score (nSPS) is 15.3. The molecule has 1 aliphatic rings. The molecule has 1 N–H and O–H groups in total. The van der Waals surface area contributed by atoms with Crippen molar-refractivity contribution in [3.8, 4) is 0 Å². The van der Waals surface area contributed by atoms with Crippen LogP contribution in [0.1, 0.15) is 39.0 Å². The van der Waals surface area contributed by atoms with Crippen molar-refractivity contribution in [3.63, 3.8) is 0 Å². The average Bonchev–Trinajstić information content (AvgIpc) is 2.67. The summed E-state index contributed by atoms with van der Waals surface area (Å²) in [5.41, 5.74) is 0.0668. The van der Waals surface area contributed by atoms with Crippen LogP contribution >= 0.6 is 24.0 Å². The van der Waals surface area contributed by atoms with Crippen LogP contribution in [0.4, 0.5) is 0 Å².